The Morgan fingerprint density at radius 1 is 1.31 bits per heavy atom. The SMILES string of the molecule is COCC(C)(CN)C1CCCCC1. The van der Waals surface area contributed by atoms with Crippen molar-refractivity contribution in [3.8, 4) is 0 Å². The van der Waals surface area contributed by atoms with Crippen molar-refractivity contribution >= 4 is 0 Å². The number of hydrogen-bond donors (Lipinski definition) is 1. The highest BCUT2D eigenvalue weighted by molar-refractivity contribution is 4.85. The third-order valence-corrected chi connectivity index (χ3v) is 3.53. The minimum atomic E-state index is 0.217. The highest BCUT2D eigenvalue weighted by atomic mass is 16.5. The lowest BCUT2D eigenvalue weighted by Crippen LogP contribution is -2.40. The number of hydrogen-bond acceptors (Lipinski definition) is 2. The van der Waals surface area contributed by atoms with E-state index in [0.29, 0.717) is 0 Å². The van der Waals surface area contributed by atoms with Crippen molar-refractivity contribution in [2.24, 2.45) is 17.1 Å². The summed E-state index contributed by atoms with van der Waals surface area (Å²) in [6, 6.07) is 0. The maximum atomic E-state index is 5.84. The molecule has 0 radical (unpaired) electrons. The lowest BCUT2D eigenvalue weighted by atomic mass is 9.70. The summed E-state index contributed by atoms with van der Waals surface area (Å²) >= 11 is 0. The van der Waals surface area contributed by atoms with Gasteiger partial charge in [-0.05, 0) is 18.8 Å². The average Bonchev–Trinajstić information content (AvgIpc) is 2.19. The Morgan fingerprint density at radius 3 is 2.38 bits per heavy atom. The molecule has 13 heavy (non-hydrogen) atoms. The van der Waals surface area contributed by atoms with Gasteiger partial charge in [0, 0.05) is 19.1 Å². The van der Waals surface area contributed by atoms with Crippen LogP contribution in [0.3, 0.4) is 0 Å². The smallest absolute Gasteiger partial charge is 0.0530 e. The topological polar surface area (TPSA) is 35.2 Å². The van der Waals surface area contributed by atoms with E-state index in [1.165, 1.54) is 32.1 Å². The molecule has 1 saturated carbocycles. The van der Waals surface area contributed by atoms with Crippen LogP contribution in [0, 0.1) is 11.3 Å². The molecule has 0 bridgehead atoms. The van der Waals surface area contributed by atoms with Crippen LogP contribution >= 0.6 is 0 Å². The molecule has 0 amide bonds. The first-order valence-corrected chi connectivity index (χ1v) is 5.42. The molecule has 1 fully saturated rings. The minimum Gasteiger partial charge on any atom is -0.384 e. The number of methoxy groups -OCH3 is 1. The molecule has 0 aromatic heterocycles. The van der Waals surface area contributed by atoms with Gasteiger partial charge in [-0.2, -0.15) is 0 Å². The van der Waals surface area contributed by atoms with Gasteiger partial charge in [0.1, 0.15) is 0 Å². The molecule has 1 rings (SSSR count). The van der Waals surface area contributed by atoms with Crippen molar-refractivity contribution in [1.82, 2.24) is 0 Å². The molecule has 0 aliphatic heterocycles. The summed E-state index contributed by atoms with van der Waals surface area (Å²) in [4.78, 5) is 0. The predicted octanol–water partition coefficient (Wildman–Crippen LogP) is 2.18. The molecule has 78 valence electrons. The van der Waals surface area contributed by atoms with Crippen LogP contribution in [0.5, 0.6) is 0 Å². The van der Waals surface area contributed by atoms with E-state index in [-0.39, 0.29) is 5.41 Å². The van der Waals surface area contributed by atoms with Crippen molar-refractivity contribution in [3.05, 3.63) is 0 Å². The first kappa shape index (κ1) is 11.0. The largest absolute Gasteiger partial charge is 0.384 e. The molecular weight excluding hydrogens is 162 g/mol. The summed E-state index contributed by atoms with van der Waals surface area (Å²) in [6.07, 6.45) is 6.85. The molecule has 2 heteroatoms. The lowest BCUT2D eigenvalue weighted by Gasteiger charge is -2.38. The van der Waals surface area contributed by atoms with Crippen LogP contribution in [-0.2, 0) is 4.74 Å². The fourth-order valence-electron chi connectivity index (χ4n) is 2.47. The van der Waals surface area contributed by atoms with Gasteiger partial charge in [0.2, 0.25) is 0 Å². The number of nitrogens with two attached hydrogens (primary N) is 1. The summed E-state index contributed by atoms with van der Waals surface area (Å²) in [5.74, 6) is 0.784. The molecule has 1 unspecified atom stereocenters. The fraction of sp³-hybridized carbons (Fsp3) is 1.00. The summed E-state index contributed by atoms with van der Waals surface area (Å²) in [6.45, 7) is 3.84. The predicted molar refractivity (Wildman–Crippen MR) is 55.6 cm³/mol. The Balaban J connectivity index is 2.51. The summed E-state index contributed by atoms with van der Waals surface area (Å²) in [7, 11) is 1.77. The minimum absolute atomic E-state index is 0.217. The van der Waals surface area contributed by atoms with Crippen LogP contribution in [0.4, 0.5) is 0 Å². The Bertz CT molecular complexity index is 143. The van der Waals surface area contributed by atoms with Crippen molar-refractivity contribution < 1.29 is 4.74 Å². The van der Waals surface area contributed by atoms with Gasteiger partial charge in [-0.3, -0.25) is 0 Å². The van der Waals surface area contributed by atoms with E-state index in [0.717, 1.165) is 19.1 Å². The highest BCUT2D eigenvalue weighted by Crippen LogP contribution is 2.37. The van der Waals surface area contributed by atoms with Gasteiger partial charge in [0.25, 0.3) is 0 Å². The van der Waals surface area contributed by atoms with Crippen LogP contribution in [0.2, 0.25) is 0 Å². The van der Waals surface area contributed by atoms with Crippen LogP contribution in [0.15, 0.2) is 0 Å². The van der Waals surface area contributed by atoms with Crippen LogP contribution in [-0.4, -0.2) is 20.3 Å². The third-order valence-electron chi connectivity index (χ3n) is 3.53. The molecule has 1 aliphatic rings. The van der Waals surface area contributed by atoms with Crippen molar-refractivity contribution in [3.63, 3.8) is 0 Å². The zero-order valence-corrected chi connectivity index (χ0v) is 9.01. The van der Waals surface area contributed by atoms with E-state index >= 15 is 0 Å². The molecule has 2 nitrogen and oxygen atoms in total. The summed E-state index contributed by atoms with van der Waals surface area (Å²) in [5.41, 5.74) is 6.06. The zero-order valence-electron chi connectivity index (χ0n) is 9.01. The lowest BCUT2D eigenvalue weighted by molar-refractivity contribution is 0.0358. The normalized spacial score (nSPS) is 24.2. The first-order valence-electron chi connectivity index (χ1n) is 5.42. The third kappa shape index (κ3) is 2.68. The molecule has 0 heterocycles. The molecule has 0 aromatic carbocycles. The van der Waals surface area contributed by atoms with E-state index in [9.17, 15) is 0 Å². The van der Waals surface area contributed by atoms with Gasteiger partial charge in [-0.1, -0.05) is 26.2 Å². The van der Waals surface area contributed by atoms with Gasteiger partial charge < -0.3 is 10.5 Å². The molecule has 1 atom stereocenters. The monoisotopic (exact) mass is 185 g/mol. The fourth-order valence-corrected chi connectivity index (χ4v) is 2.47. The van der Waals surface area contributed by atoms with E-state index in [4.69, 9.17) is 10.5 Å². The highest BCUT2D eigenvalue weighted by Gasteiger charge is 2.33. The van der Waals surface area contributed by atoms with Crippen molar-refractivity contribution in [2.45, 2.75) is 39.0 Å². The molecule has 0 aromatic rings. The Labute approximate surface area is 81.8 Å². The Morgan fingerprint density at radius 2 is 1.92 bits per heavy atom. The van der Waals surface area contributed by atoms with E-state index in [2.05, 4.69) is 6.92 Å². The van der Waals surface area contributed by atoms with Gasteiger partial charge in [-0.25, -0.2) is 0 Å². The number of rotatable bonds is 4. The van der Waals surface area contributed by atoms with Gasteiger partial charge in [0.05, 0.1) is 6.61 Å². The zero-order chi connectivity index (χ0) is 9.73. The second kappa shape index (κ2) is 4.97. The van der Waals surface area contributed by atoms with Crippen LogP contribution < -0.4 is 5.73 Å². The molecule has 2 N–H and O–H groups in total. The van der Waals surface area contributed by atoms with Gasteiger partial charge in [0.15, 0.2) is 0 Å². The first-order chi connectivity index (χ1) is 6.23. The van der Waals surface area contributed by atoms with E-state index in [1.807, 2.05) is 0 Å². The maximum Gasteiger partial charge on any atom is 0.0530 e. The van der Waals surface area contributed by atoms with Crippen molar-refractivity contribution in [2.75, 3.05) is 20.3 Å². The molecule has 0 saturated heterocycles. The summed E-state index contributed by atoms with van der Waals surface area (Å²) in [5, 5.41) is 0. The average molecular weight is 185 g/mol. The Kier molecular flexibility index (Phi) is 4.20. The second-order valence-corrected chi connectivity index (χ2v) is 4.63. The molecule has 1 aliphatic carbocycles. The molecular formula is C11H23NO. The van der Waals surface area contributed by atoms with Crippen molar-refractivity contribution in [1.29, 1.82) is 0 Å². The van der Waals surface area contributed by atoms with E-state index < -0.39 is 0 Å². The van der Waals surface area contributed by atoms with E-state index in [1.54, 1.807) is 7.11 Å². The quantitative estimate of drug-likeness (QED) is 0.728. The summed E-state index contributed by atoms with van der Waals surface area (Å²) < 4.78 is 5.27. The van der Waals surface area contributed by atoms with Gasteiger partial charge in [-0.15, -0.1) is 0 Å². The standard InChI is InChI=1S/C11H23NO/c1-11(8-12,9-13-2)10-6-4-3-5-7-10/h10H,3-9,12H2,1-2H3. The molecule has 0 spiro atoms. The second-order valence-electron chi connectivity index (χ2n) is 4.63. The van der Waals surface area contributed by atoms with Crippen LogP contribution in [0.25, 0.3) is 0 Å². The maximum absolute atomic E-state index is 5.84. The Hall–Kier alpha value is -0.0800. The van der Waals surface area contributed by atoms with Crippen LogP contribution in [0.1, 0.15) is 39.0 Å². The number of ether oxygens (including phenoxy) is 1. The van der Waals surface area contributed by atoms with Gasteiger partial charge >= 0.3 is 0 Å².